The molecule has 0 saturated carbocycles. The quantitative estimate of drug-likeness (QED) is 0.816. The molecule has 0 aliphatic heterocycles. The van der Waals surface area contributed by atoms with Gasteiger partial charge in [0.2, 0.25) is 0 Å². The van der Waals surface area contributed by atoms with Gasteiger partial charge in [-0.3, -0.25) is 4.79 Å². The van der Waals surface area contributed by atoms with Crippen LogP contribution in [0.4, 0.5) is 0 Å². The van der Waals surface area contributed by atoms with Crippen LogP contribution in [0.25, 0.3) is 0 Å². The van der Waals surface area contributed by atoms with Crippen LogP contribution < -0.4 is 0 Å². The third kappa shape index (κ3) is 2.73. The van der Waals surface area contributed by atoms with Gasteiger partial charge < -0.3 is 5.11 Å². The third-order valence-corrected chi connectivity index (χ3v) is 4.42. The average Bonchev–Trinajstić information content (AvgIpc) is 2.49. The van der Waals surface area contributed by atoms with E-state index in [1.165, 1.54) is 0 Å². The Morgan fingerprint density at radius 3 is 1.75 bits per heavy atom. The van der Waals surface area contributed by atoms with Crippen LogP contribution in [0.15, 0.2) is 60.7 Å². The van der Waals surface area contributed by atoms with Crippen LogP contribution in [0.2, 0.25) is 0 Å². The van der Waals surface area contributed by atoms with E-state index in [1.54, 1.807) is 0 Å². The zero-order chi connectivity index (χ0) is 14.6. The molecule has 0 saturated heterocycles. The number of rotatable bonds is 5. The van der Waals surface area contributed by atoms with E-state index in [9.17, 15) is 9.90 Å². The van der Waals surface area contributed by atoms with Gasteiger partial charge in [-0.25, -0.2) is 0 Å². The molecule has 2 rings (SSSR count). The molecule has 1 atom stereocenters. The maximum absolute atomic E-state index is 11.8. The Labute approximate surface area is 124 Å². The summed E-state index contributed by atoms with van der Waals surface area (Å²) in [6, 6.07) is 19.4. The molecule has 0 radical (unpaired) electrons. The molecule has 3 heteroatoms. The number of aliphatic carboxylic acids is 1. The summed E-state index contributed by atoms with van der Waals surface area (Å²) in [5.74, 6) is -1.17. The first-order valence-corrected chi connectivity index (χ1v) is 7.10. The summed E-state index contributed by atoms with van der Waals surface area (Å²) in [4.78, 5) is 11.8. The smallest absolute Gasteiger partial charge is 0.320 e. The molecule has 0 aliphatic rings. The van der Waals surface area contributed by atoms with Gasteiger partial charge in [-0.2, -0.15) is 12.6 Å². The highest BCUT2D eigenvalue weighted by Gasteiger charge is 2.42. The average molecular weight is 286 g/mol. The van der Waals surface area contributed by atoms with Crippen LogP contribution in [0.5, 0.6) is 0 Å². The Hall–Kier alpha value is -1.74. The van der Waals surface area contributed by atoms with Gasteiger partial charge in [0, 0.05) is 5.92 Å². The first-order chi connectivity index (χ1) is 9.59. The van der Waals surface area contributed by atoms with Gasteiger partial charge in [-0.1, -0.05) is 67.6 Å². The van der Waals surface area contributed by atoms with Crippen molar-refractivity contribution < 1.29 is 9.90 Å². The molecule has 20 heavy (non-hydrogen) atoms. The fourth-order valence-electron chi connectivity index (χ4n) is 2.51. The highest BCUT2D eigenvalue weighted by atomic mass is 32.1. The van der Waals surface area contributed by atoms with Crippen molar-refractivity contribution in [2.24, 2.45) is 0 Å². The van der Waals surface area contributed by atoms with Crippen molar-refractivity contribution >= 4 is 18.6 Å². The largest absolute Gasteiger partial charge is 0.480 e. The number of hydrogen-bond acceptors (Lipinski definition) is 2. The van der Waals surface area contributed by atoms with Crippen molar-refractivity contribution in [1.82, 2.24) is 0 Å². The molecule has 0 fully saturated rings. The van der Waals surface area contributed by atoms with Gasteiger partial charge in [0.05, 0.1) is 0 Å². The lowest BCUT2D eigenvalue weighted by Gasteiger charge is -2.33. The molecular formula is C17H18O2S. The molecule has 0 spiro atoms. The zero-order valence-corrected chi connectivity index (χ0v) is 12.3. The van der Waals surface area contributed by atoms with Gasteiger partial charge >= 0.3 is 5.97 Å². The van der Waals surface area contributed by atoms with E-state index in [-0.39, 0.29) is 5.92 Å². The van der Waals surface area contributed by atoms with E-state index in [2.05, 4.69) is 12.6 Å². The zero-order valence-electron chi connectivity index (χ0n) is 11.4. The standard InChI is InChI=1S/C17H18O2S/c1-2-17(20,16(18)19)15(13-9-5-3-6-10-13)14-11-7-4-8-12-14/h3-12,15,20H,2H2,1H3,(H,18,19). The number of carbonyl (C=O) groups is 1. The Morgan fingerprint density at radius 2 is 1.45 bits per heavy atom. The lowest BCUT2D eigenvalue weighted by Crippen LogP contribution is -2.39. The Morgan fingerprint density at radius 1 is 1.05 bits per heavy atom. The minimum absolute atomic E-state index is 0.282. The molecule has 2 aromatic rings. The second kappa shape index (κ2) is 6.14. The van der Waals surface area contributed by atoms with Crippen LogP contribution in [-0.2, 0) is 4.79 Å². The van der Waals surface area contributed by atoms with Gasteiger partial charge in [0.1, 0.15) is 4.75 Å². The first kappa shape index (κ1) is 14.7. The molecule has 2 aromatic carbocycles. The van der Waals surface area contributed by atoms with E-state index in [0.29, 0.717) is 6.42 Å². The summed E-state index contributed by atoms with van der Waals surface area (Å²) < 4.78 is -1.12. The number of hydrogen-bond donors (Lipinski definition) is 2. The van der Waals surface area contributed by atoms with Crippen LogP contribution in [0, 0.1) is 0 Å². The normalized spacial score (nSPS) is 13.9. The predicted molar refractivity (Wildman–Crippen MR) is 84.4 cm³/mol. The molecule has 1 N–H and O–H groups in total. The summed E-state index contributed by atoms with van der Waals surface area (Å²) in [7, 11) is 0. The topological polar surface area (TPSA) is 37.3 Å². The van der Waals surface area contributed by atoms with Crippen LogP contribution in [0.1, 0.15) is 30.4 Å². The van der Waals surface area contributed by atoms with Crippen LogP contribution in [-0.4, -0.2) is 15.8 Å². The van der Waals surface area contributed by atoms with Gasteiger partial charge in [0.25, 0.3) is 0 Å². The van der Waals surface area contributed by atoms with E-state index < -0.39 is 10.7 Å². The van der Waals surface area contributed by atoms with E-state index in [1.807, 2.05) is 67.6 Å². The van der Waals surface area contributed by atoms with Crippen molar-refractivity contribution in [1.29, 1.82) is 0 Å². The Balaban J connectivity index is 2.59. The summed E-state index contributed by atoms with van der Waals surface area (Å²) in [5.41, 5.74) is 1.94. The molecule has 0 bridgehead atoms. The molecule has 0 aliphatic carbocycles. The molecule has 0 aromatic heterocycles. The van der Waals surface area contributed by atoms with Crippen LogP contribution in [0.3, 0.4) is 0 Å². The number of benzene rings is 2. The highest BCUT2D eigenvalue weighted by Crippen LogP contribution is 2.41. The van der Waals surface area contributed by atoms with Crippen molar-refractivity contribution in [3.05, 3.63) is 71.8 Å². The van der Waals surface area contributed by atoms with Crippen molar-refractivity contribution in [3.63, 3.8) is 0 Å². The number of thiol groups is 1. The molecule has 2 nitrogen and oxygen atoms in total. The van der Waals surface area contributed by atoms with Crippen molar-refractivity contribution in [3.8, 4) is 0 Å². The van der Waals surface area contributed by atoms with Crippen LogP contribution >= 0.6 is 12.6 Å². The third-order valence-electron chi connectivity index (χ3n) is 3.65. The number of carboxylic acids is 1. The van der Waals surface area contributed by atoms with Gasteiger partial charge in [-0.15, -0.1) is 0 Å². The summed E-state index contributed by atoms with van der Waals surface area (Å²) >= 11 is 4.53. The summed E-state index contributed by atoms with van der Waals surface area (Å²) in [5, 5.41) is 9.65. The Bertz CT molecular complexity index is 529. The molecule has 0 heterocycles. The minimum atomic E-state index is -1.12. The van der Waals surface area contributed by atoms with Gasteiger partial charge in [0.15, 0.2) is 0 Å². The lowest BCUT2D eigenvalue weighted by molar-refractivity contribution is -0.140. The molecule has 0 amide bonds. The van der Waals surface area contributed by atoms with Crippen molar-refractivity contribution in [2.45, 2.75) is 24.0 Å². The first-order valence-electron chi connectivity index (χ1n) is 6.65. The number of carboxylic acid groups (broad SMARTS) is 1. The predicted octanol–water partition coefficient (Wildman–Crippen LogP) is 3.98. The second-order valence-corrected chi connectivity index (χ2v) is 5.64. The summed E-state index contributed by atoms with van der Waals surface area (Å²) in [6.45, 7) is 1.86. The van der Waals surface area contributed by atoms with Gasteiger partial charge in [-0.05, 0) is 17.5 Å². The molecule has 104 valence electrons. The molecule has 1 unspecified atom stereocenters. The van der Waals surface area contributed by atoms with E-state index >= 15 is 0 Å². The lowest BCUT2D eigenvalue weighted by atomic mass is 9.78. The molecular weight excluding hydrogens is 268 g/mol. The fraction of sp³-hybridized carbons (Fsp3) is 0.235. The maximum atomic E-state index is 11.8. The fourth-order valence-corrected chi connectivity index (χ4v) is 2.81. The van der Waals surface area contributed by atoms with Crippen molar-refractivity contribution in [2.75, 3.05) is 0 Å². The SMILES string of the molecule is CCC(S)(C(=O)O)C(c1ccccc1)c1ccccc1. The summed E-state index contributed by atoms with van der Waals surface area (Å²) in [6.07, 6.45) is 0.444. The minimum Gasteiger partial charge on any atom is -0.480 e. The maximum Gasteiger partial charge on any atom is 0.320 e. The van der Waals surface area contributed by atoms with E-state index in [4.69, 9.17) is 0 Å². The monoisotopic (exact) mass is 286 g/mol. The van der Waals surface area contributed by atoms with E-state index in [0.717, 1.165) is 11.1 Å². The second-order valence-electron chi connectivity index (χ2n) is 4.84. The highest BCUT2D eigenvalue weighted by molar-refractivity contribution is 7.82. The Kier molecular flexibility index (Phi) is 4.50.